The number of likely N-dealkylation sites (tertiary alicyclic amines) is 1. The van der Waals surface area contributed by atoms with Gasteiger partial charge in [0.1, 0.15) is 17.9 Å². The number of nitrogens with zero attached hydrogens (tertiary/aromatic N) is 3. The van der Waals surface area contributed by atoms with Crippen molar-refractivity contribution in [1.29, 1.82) is 0 Å². The number of carbonyl (C=O) groups is 4. The number of fused-ring (bicyclic) bond motifs is 1. The van der Waals surface area contributed by atoms with E-state index in [-0.39, 0.29) is 30.6 Å². The number of rotatable bonds is 5. The minimum absolute atomic E-state index is 0.0406. The fourth-order valence-corrected chi connectivity index (χ4v) is 4.78. The SMILES string of the molecule is CC1CCCCN1C(=O)Cn1cc(/C=C2\C(=O)NC(=O)N(Cc3ccco3)C2=O)c2ccccc21. The molecule has 2 fully saturated rings. The number of piperidine rings is 1. The highest BCUT2D eigenvalue weighted by Crippen LogP contribution is 2.26. The van der Waals surface area contributed by atoms with Crippen LogP contribution in [-0.4, -0.2) is 50.7 Å². The molecule has 3 aromatic rings. The first kappa shape index (κ1) is 22.6. The number of barbiturate groups is 1. The molecule has 0 saturated carbocycles. The summed E-state index contributed by atoms with van der Waals surface area (Å²) in [7, 11) is 0. The van der Waals surface area contributed by atoms with Gasteiger partial charge in [-0.25, -0.2) is 4.79 Å². The van der Waals surface area contributed by atoms with E-state index >= 15 is 0 Å². The summed E-state index contributed by atoms with van der Waals surface area (Å²) in [5, 5.41) is 3.03. The average Bonchev–Trinajstić information content (AvgIpc) is 3.48. The van der Waals surface area contributed by atoms with Gasteiger partial charge in [-0.15, -0.1) is 0 Å². The maximum Gasteiger partial charge on any atom is 0.331 e. The van der Waals surface area contributed by atoms with Crippen LogP contribution in [0.2, 0.25) is 0 Å². The van der Waals surface area contributed by atoms with Crippen LogP contribution in [0, 0.1) is 0 Å². The van der Waals surface area contributed by atoms with E-state index in [0.29, 0.717) is 11.3 Å². The average molecular weight is 475 g/mol. The van der Waals surface area contributed by atoms with Crippen LogP contribution >= 0.6 is 0 Å². The Hall–Kier alpha value is -4.14. The molecular formula is C26H26N4O5. The molecule has 5 rings (SSSR count). The van der Waals surface area contributed by atoms with E-state index in [0.717, 1.165) is 41.6 Å². The molecule has 180 valence electrons. The summed E-state index contributed by atoms with van der Waals surface area (Å²) in [5.41, 5.74) is 1.28. The van der Waals surface area contributed by atoms with Crippen molar-refractivity contribution in [3.05, 3.63) is 65.8 Å². The van der Waals surface area contributed by atoms with Gasteiger partial charge in [-0.3, -0.25) is 24.6 Å². The molecule has 2 aromatic heterocycles. The number of amides is 5. The molecule has 9 heteroatoms. The second-order valence-electron chi connectivity index (χ2n) is 8.95. The van der Waals surface area contributed by atoms with E-state index in [2.05, 4.69) is 12.2 Å². The third kappa shape index (κ3) is 4.37. The van der Waals surface area contributed by atoms with Crippen molar-refractivity contribution >= 4 is 40.7 Å². The van der Waals surface area contributed by atoms with Crippen LogP contribution in [-0.2, 0) is 27.5 Å². The van der Waals surface area contributed by atoms with Gasteiger partial charge in [-0.05, 0) is 50.5 Å². The number of benzene rings is 1. The molecule has 35 heavy (non-hydrogen) atoms. The van der Waals surface area contributed by atoms with Crippen LogP contribution in [0.25, 0.3) is 17.0 Å². The van der Waals surface area contributed by atoms with Crippen molar-refractivity contribution in [2.45, 2.75) is 45.3 Å². The van der Waals surface area contributed by atoms with E-state index in [1.807, 2.05) is 33.7 Å². The van der Waals surface area contributed by atoms with E-state index < -0.39 is 17.8 Å². The Morgan fingerprint density at radius 1 is 1.14 bits per heavy atom. The Morgan fingerprint density at radius 2 is 1.97 bits per heavy atom. The summed E-state index contributed by atoms with van der Waals surface area (Å²) in [6.45, 7) is 2.90. The van der Waals surface area contributed by atoms with Crippen molar-refractivity contribution in [1.82, 2.24) is 19.7 Å². The summed E-state index contributed by atoms with van der Waals surface area (Å²) in [6, 6.07) is 10.2. The zero-order valence-corrected chi connectivity index (χ0v) is 19.4. The number of para-hydroxylation sites is 1. The molecule has 1 atom stereocenters. The fraction of sp³-hybridized carbons (Fsp3) is 0.308. The monoisotopic (exact) mass is 474 g/mol. The van der Waals surface area contributed by atoms with Gasteiger partial charge in [0.2, 0.25) is 5.91 Å². The van der Waals surface area contributed by atoms with Crippen LogP contribution in [0.15, 0.2) is 58.8 Å². The number of imide groups is 2. The number of hydrogen-bond acceptors (Lipinski definition) is 5. The van der Waals surface area contributed by atoms with Gasteiger partial charge in [0.15, 0.2) is 0 Å². The van der Waals surface area contributed by atoms with Gasteiger partial charge in [-0.2, -0.15) is 0 Å². The Morgan fingerprint density at radius 3 is 2.74 bits per heavy atom. The Labute approximate surface area is 202 Å². The molecule has 2 aliphatic heterocycles. The molecule has 5 amide bonds. The molecule has 0 spiro atoms. The van der Waals surface area contributed by atoms with Crippen LogP contribution in [0.3, 0.4) is 0 Å². The first-order chi connectivity index (χ1) is 16.9. The number of nitrogens with one attached hydrogen (secondary N) is 1. The highest BCUT2D eigenvalue weighted by Gasteiger charge is 2.36. The molecule has 9 nitrogen and oxygen atoms in total. The molecule has 0 aliphatic carbocycles. The smallest absolute Gasteiger partial charge is 0.331 e. The number of carbonyl (C=O) groups excluding carboxylic acids is 4. The van der Waals surface area contributed by atoms with E-state index in [9.17, 15) is 19.2 Å². The number of aromatic nitrogens is 1. The zero-order valence-electron chi connectivity index (χ0n) is 19.4. The van der Waals surface area contributed by atoms with Crippen molar-refractivity contribution in [2.75, 3.05) is 6.54 Å². The van der Waals surface area contributed by atoms with Crippen LogP contribution in [0.4, 0.5) is 4.79 Å². The first-order valence-corrected chi connectivity index (χ1v) is 11.7. The van der Waals surface area contributed by atoms with E-state index in [1.165, 1.54) is 12.3 Å². The quantitative estimate of drug-likeness (QED) is 0.451. The minimum atomic E-state index is -0.794. The maximum absolute atomic E-state index is 13.1. The van der Waals surface area contributed by atoms with Crippen LogP contribution < -0.4 is 5.32 Å². The van der Waals surface area contributed by atoms with Crippen molar-refractivity contribution in [3.63, 3.8) is 0 Å². The Balaban J connectivity index is 1.47. The van der Waals surface area contributed by atoms with E-state index in [4.69, 9.17) is 4.42 Å². The molecule has 4 heterocycles. The number of furan rings is 1. The lowest BCUT2D eigenvalue weighted by Crippen LogP contribution is -2.53. The van der Waals surface area contributed by atoms with Gasteiger partial charge in [0.05, 0.1) is 12.8 Å². The summed E-state index contributed by atoms with van der Waals surface area (Å²) < 4.78 is 7.10. The largest absolute Gasteiger partial charge is 0.467 e. The van der Waals surface area contributed by atoms with Crippen LogP contribution in [0.1, 0.15) is 37.5 Å². The van der Waals surface area contributed by atoms with Gasteiger partial charge < -0.3 is 13.9 Å². The van der Waals surface area contributed by atoms with Gasteiger partial charge in [0.25, 0.3) is 11.8 Å². The number of hydrogen-bond donors (Lipinski definition) is 1. The highest BCUT2D eigenvalue weighted by atomic mass is 16.3. The summed E-state index contributed by atoms with van der Waals surface area (Å²) in [4.78, 5) is 53.9. The van der Waals surface area contributed by atoms with Crippen molar-refractivity contribution < 1.29 is 23.6 Å². The predicted octanol–water partition coefficient (Wildman–Crippen LogP) is 3.30. The molecule has 2 saturated heterocycles. The lowest BCUT2D eigenvalue weighted by Gasteiger charge is -2.33. The molecule has 1 aromatic carbocycles. The third-order valence-corrected chi connectivity index (χ3v) is 6.63. The van der Waals surface area contributed by atoms with Gasteiger partial charge in [-0.1, -0.05) is 18.2 Å². The summed E-state index contributed by atoms with van der Waals surface area (Å²) >= 11 is 0. The molecule has 0 bridgehead atoms. The molecule has 1 N–H and O–H groups in total. The fourth-order valence-electron chi connectivity index (χ4n) is 4.78. The zero-order chi connectivity index (χ0) is 24.5. The Bertz CT molecular complexity index is 1340. The topological polar surface area (TPSA) is 105 Å². The normalized spacial score (nSPS) is 20.1. The maximum atomic E-state index is 13.1. The highest BCUT2D eigenvalue weighted by molar-refractivity contribution is 6.31. The standard InChI is InChI=1S/C26H26N4O5/c1-17-7-4-5-11-29(17)23(31)16-28-14-18(20-9-2-3-10-22(20)28)13-21-24(32)27-26(34)30(25(21)33)15-19-8-6-12-35-19/h2-3,6,8-10,12-14,17H,4-5,7,11,15-16H2,1H3,(H,27,32,34)/b21-13+. The predicted molar refractivity (Wildman–Crippen MR) is 128 cm³/mol. The molecular weight excluding hydrogens is 448 g/mol. The Kier molecular flexibility index (Phi) is 5.98. The lowest BCUT2D eigenvalue weighted by atomic mass is 10.0. The van der Waals surface area contributed by atoms with E-state index in [1.54, 1.807) is 18.3 Å². The second-order valence-corrected chi connectivity index (χ2v) is 8.95. The lowest BCUT2D eigenvalue weighted by molar-refractivity contribution is -0.135. The summed E-state index contributed by atoms with van der Waals surface area (Å²) in [6.07, 6.45) is 7.84. The van der Waals surface area contributed by atoms with Crippen molar-refractivity contribution in [2.24, 2.45) is 0 Å². The van der Waals surface area contributed by atoms with Crippen molar-refractivity contribution in [3.8, 4) is 0 Å². The number of urea groups is 1. The summed E-state index contributed by atoms with van der Waals surface area (Å²) in [5.74, 6) is -1.00. The second kappa shape index (κ2) is 9.25. The van der Waals surface area contributed by atoms with Gasteiger partial charge in [0, 0.05) is 35.2 Å². The third-order valence-electron chi connectivity index (χ3n) is 6.63. The first-order valence-electron chi connectivity index (χ1n) is 11.7. The minimum Gasteiger partial charge on any atom is -0.467 e. The molecule has 0 radical (unpaired) electrons. The molecule has 1 unspecified atom stereocenters. The molecule has 2 aliphatic rings. The van der Waals surface area contributed by atoms with Crippen LogP contribution in [0.5, 0.6) is 0 Å². The van der Waals surface area contributed by atoms with Gasteiger partial charge >= 0.3 is 6.03 Å².